The minimum absolute atomic E-state index is 0.173. The van der Waals surface area contributed by atoms with Gasteiger partial charge >= 0.3 is 0 Å². The van der Waals surface area contributed by atoms with Crippen molar-refractivity contribution in [3.63, 3.8) is 0 Å². The van der Waals surface area contributed by atoms with Gasteiger partial charge in [-0.2, -0.15) is 9.90 Å². The lowest BCUT2D eigenvalue weighted by Gasteiger charge is -2.21. The topological polar surface area (TPSA) is 158 Å². The fourth-order valence-corrected chi connectivity index (χ4v) is 3.63. The Labute approximate surface area is 185 Å². The largest absolute Gasteiger partial charge is 0.383 e. The first-order chi connectivity index (χ1) is 15.9. The van der Waals surface area contributed by atoms with Gasteiger partial charge in [-0.15, -0.1) is 10.2 Å². The van der Waals surface area contributed by atoms with E-state index in [1.807, 2.05) is 6.92 Å². The fourth-order valence-electron chi connectivity index (χ4n) is 3.63. The lowest BCUT2D eigenvalue weighted by Crippen LogP contribution is -2.26. The Bertz CT molecular complexity index is 1520. The van der Waals surface area contributed by atoms with Crippen molar-refractivity contribution in [2.45, 2.75) is 13.0 Å². The third-order valence-corrected chi connectivity index (χ3v) is 5.13. The molecule has 0 saturated heterocycles. The molecular weight excluding hydrogens is 429 g/mol. The van der Waals surface area contributed by atoms with Gasteiger partial charge in [-0.1, -0.05) is 6.07 Å². The number of aryl methyl sites for hydroxylation is 1. The molecule has 0 saturated carbocycles. The molecule has 0 fully saturated rings. The van der Waals surface area contributed by atoms with Crippen molar-refractivity contribution in [3.05, 3.63) is 64.7 Å². The quantitative estimate of drug-likeness (QED) is 0.364. The summed E-state index contributed by atoms with van der Waals surface area (Å²) >= 11 is 0. The summed E-state index contributed by atoms with van der Waals surface area (Å²) in [5.41, 5.74) is 6.64. The minimum Gasteiger partial charge on any atom is -0.383 e. The zero-order chi connectivity index (χ0) is 23.1. The van der Waals surface area contributed by atoms with Crippen LogP contribution in [0.1, 0.15) is 18.7 Å². The van der Waals surface area contributed by atoms with Gasteiger partial charge in [0.05, 0.1) is 24.2 Å². The number of H-pyrrole nitrogens is 1. The van der Waals surface area contributed by atoms with Gasteiger partial charge in [0.2, 0.25) is 5.82 Å². The number of rotatable bonds is 5. The van der Waals surface area contributed by atoms with E-state index in [1.165, 1.54) is 27.8 Å². The van der Waals surface area contributed by atoms with Gasteiger partial charge in [-0.3, -0.25) is 14.5 Å². The van der Waals surface area contributed by atoms with Gasteiger partial charge in [0.25, 0.3) is 5.56 Å². The summed E-state index contributed by atoms with van der Waals surface area (Å²) in [5.74, 6) is 0.663. The first-order valence-electron chi connectivity index (χ1n) is 9.89. The van der Waals surface area contributed by atoms with Gasteiger partial charge < -0.3 is 11.1 Å². The average molecular weight is 447 g/mol. The van der Waals surface area contributed by atoms with Gasteiger partial charge in [0.1, 0.15) is 29.3 Å². The Morgan fingerprint density at radius 1 is 1.21 bits per heavy atom. The molecule has 5 aromatic rings. The number of nitrogens with zero attached hydrogens (tertiary/aromatic N) is 8. The summed E-state index contributed by atoms with van der Waals surface area (Å²) < 4.78 is 15.3. The molecule has 1 unspecified atom stereocenters. The third kappa shape index (κ3) is 3.54. The molecule has 33 heavy (non-hydrogen) atoms. The molecule has 0 radical (unpaired) electrons. The molecule has 4 heterocycles. The molecule has 4 aromatic heterocycles. The smallest absolute Gasteiger partial charge is 0.264 e. The van der Waals surface area contributed by atoms with E-state index >= 15 is 0 Å². The monoisotopic (exact) mass is 447 g/mol. The van der Waals surface area contributed by atoms with Crippen LogP contribution >= 0.6 is 0 Å². The highest BCUT2D eigenvalue weighted by Crippen LogP contribution is 2.30. The van der Waals surface area contributed by atoms with Crippen LogP contribution in [-0.4, -0.2) is 44.9 Å². The number of nitrogens with one attached hydrogen (secondary N) is 2. The number of halogens is 1. The average Bonchev–Trinajstić information content (AvgIpc) is 3.46. The number of nitrogen functional groups attached to an aromatic ring is 1. The second-order valence-electron chi connectivity index (χ2n) is 7.32. The predicted molar refractivity (Wildman–Crippen MR) is 118 cm³/mol. The molecule has 166 valence electrons. The Balaban J connectivity index is 1.65. The first kappa shape index (κ1) is 20.2. The standard InChI is InChI=1S/C20H18FN11O/c1-10(26-18-16(17(22)23-9-24-18)19-28-30-31(2)29-19)14-7-11-3-4-12(21)8-13(11)20(33)32(14)15-5-6-25-27-15/h3-10H,1-2H3,(H,25,27)(H3,22,23,24,26). The van der Waals surface area contributed by atoms with Crippen LogP contribution in [0.15, 0.2) is 47.7 Å². The molecule has 0 bridgehead atoms. The van der Waals surface area contributed by atoms with Crippen molar-refractivity contribution in [1.29, 1.82) is 0 Å². The molecule has 12 nitrogen and oxygen atoms in total. The SMILES string of the molecule is CC(Nc1ncnc(N)c1-c1nnn(C)n1)c1cc2ccc(F)cc2c(=O)n1-c1cc[nH]n1. The Morgan fingerprint density at radius 2 is 2.06 bits per heavy atom. The van der Waals surface area contributed by atoms with Crippen molar-refractivity contribution in [2.24, 2.45) is 7.05 Å². The number of aromatic nitrogens is 9. The molecule has 13 heteroatoms. The number of hydrogen-bond donors (Lipinski definition) is 3. The first-order valence-corrected chi connectivity index (χ1v) is 9.89. The van der Waals surface area contributed by atoms with E-state index in [1.54, 1.807) is 31.4 Å². The summed E-state index contributed by atoms with van der Waals surface area (Å²) in [6.45, 7) is 1.85. The van der Waals surface area contributed by atoms with Crippen LogP contribution in [0.2, 0.25) is 0 Å². The van der Waals surface area contributed by atoms with Gasteiger partial charge in [-0.25, -0.2) is 14.4 Å². The second kappa shape index (κ2) is 7.78. The summed E-state index contributed by atoms with van der Waals surface area (Å²) in [5, 5.41) is 23.0. The summed E-state index contributed by atoms with van der Waals surface area (Å²) in [6, 6.07) is 7.08. The Kier molecular flexibility index (Phi) is 4.77. The van der Waals surface area contributed by atoms with Gasteiger partial charge in [0.15, 0.2) is 5.82 Å². The highest BCUT2D eigenvalue weighted by Gasteiger charge is 2.22. The summed E-state index contributed by atoms with van der Waals surface area (Å²) in [4.78, 5) is 23.0. The number of tetrazole rings is 1. The third-order valence-electron chi connectivity index (χ3n) is 5.13. The maximum atomic E-state index is 13.9. The van der Waals surface area contributed by atoms with Gasteiger partial charge in [0, 0.05) is 12.3 Å². The Hall–Kier alpha value is -4.68. The molecule has 0 aliphatic rings. The molecule has 1 atom stereocenters. The summed E-state index contributed by atoms with van der Waals surface area (Å²) in [7, 11) is 1.63. The van der Waals surface area contributed by atoms with E-state index in [4.69, 9.17) is 5.73 Å². The summed E-state index contributed by atoms with van der Waals surface area (Å²) in [6.07, 6.45) is 2.91. The van der Waals surface area contributed by atoms with E-state index in [0.29, 0.717) is 28.3 Å². The molecule has 4 N–H and O–H groups in total. The fraction of sp³-hybridized carbons (Fsp3) is 0.150. The predicted octanol–water partition coefficient (Wildman–Crippen LogP) is 1.59. The highest BCUT2D eigenvalue weighted by atomic mass is 19.1. The number of anilines is 2. The highest BCUT2D eigenvalue weighted by molar-refractivity contribution is 5.83. The lowest BCUT2D eigenvalue weighted by atomic mass is 10.1. The second-order valence-corrected chi connectivity index (χ2v) is 7.32. The molecule has 0 amide bonds. The number of nitrogens with two attached hydrogens (primary N) is 1. The number of aromatic amines is 1. The molecule has 5 rings (SSSR count). The molecule has 0 spiro atoms. The lowest BCUT2D eigenvalue weighted by molar-refractivity contribution is 0.629. The van der Waals surface area contributed by atoms with Crippen LogP contribution in [0.3, 0.4) is 0 Å². The van der Waals surface area contributed by atoms with Crippen molar-refractivity contribution >= 4 is 22.4 Å². The van der Waals surface area contributed by atoms with E-state index in [2.05, 4.69) is 40.9 Å². The number of pyridine rings is 1. The maximum absolute atomic E-state index is 13.9. The van der Waals surface area contributed by atoms with Gasteiger partial charge in [-0.05, 0) is 35.7 Å². The van der Waals surface area contributed by atoms with Crippen LogP contribution in [0, 0.1) is 5.82 Å². The van der Waals surface area contributed by atoms with E-state index in [9.17, 15) is 9.18 Å². The van der Waals surface area contributed by atoms with Crippen molar-refractivity contribution < 1.29 is 4.39 Å². The van der Waals surface area contributed by atoms with Crippen LogP contribution in [0.4, 0.5) is 16.0 Å². The molecular formula is C20H18FN11O. The minimum atomic E-state index is -0.496. The Morgan fingerprint density at radius 3 is 2.79 bits per heavy atom. The zero-order valence-corrected chi connectivity index (χ0v) is 17.6. The van der Waals surface area contributed by atoms with E-state index < -0.39 is 17.4 Å². The zero-order valence-electron chi connectivity index (χ0n) is 17.6. The van der Waals surface area contributed by atoms with E-state index in [0.717, 1.165) is 0 Å². The molecule has 1 aromatic carbocycles. The van der Waals surface area contributed by atoms with Crippen LogP contribution < -0.4 is 16.6 Å². The van der Waals surface area contributed by atoms with Crippen molar-refractivity contribution in [3.8, 4) is 17.2 Å². The maximum Gasteiger partial charge on any atom is 0.264 e. The van der Waals surface area contributed by atoms with Crippen LogP contribution in [0.25, 0.3) is 28.0 Å². The van der Waals surface area contributed by atoms with Crippen LogP contribution in [0.5, 0.6) is 0 Å². The van der Waals surface area contributed by atoms with Crippen molar-refractivity contribution in [1.82, 2.24) is 44.9 Å². The van der Waals surface area contributed by atoms with Crippen LogP contribution in [-0.2, 0) is 7.05 Å². The molecule has 0 aliphatic carbocycles. The number of benzene rings is 1. The molecule has 0 aliphatic heterocycles. The number of fused-ring (bicyclic) bond motifs is 1. The normalized spacial score (nSPS) is 12.2. The number of hydrogen-bond acceptors (Lipinski definition) is 9. The van der Waals surface area contributed by atoms with E-state index in [-0.39, 0.29) is 17.0 Å². The van der Waals surface area contributed by atoms with Crippen molar-refractivity contribution in [2.75, 3.05) is 11.1 Å².